The van der Waals surface area contributed by atoms with Crippen LogP contribution in [0.5, 0.6) is 0 Å². The quantitative estimate of drug-likeness (QED) is 0.679. The van der Waals surface area contributed by atoms with E-state index in [4.69, 9.17) is 9.94 Å². The lowest BCUT2D eigenvalue weighted by atomic mass is 9.96. The molecule has 5 heteroatoms. The average molecular weight is 316 g/mol. The summed E-state index contributed by atoms with van der Waals surface area (Å²) in [5.74, 6) is -0.244. The van der Waals surface area contributed by atoms with Gasteiger partial charge in [0.1, 0.15) is 5.82 Å². The molecule has 0 bridgehead atoms. The predicted octanol–water partition coefficient (Wildman–Crippen LogP) is 3.88. The van der Waals surface area contributed by atoms with Gasteiger partial charge >= 0.3 is 0 Å². The molecule has 0 amide bonds. The molecule has 2 rings (SSSR count). The van der Waals surface area contributed by atoms with Crippen molar-refractivity contribution in [3.63, 3.8) is 0 Å². The van der Waals surface area contributed by atoms with E-state index in [0.717, 1.165) is 35.9 Å². The van der Waals surface area contributed by atoms with Gasteiger partial charge in [-0.3, -0.25) is 0 Å². The number of halogens is 2. The molecule has 0 spiro atoms. The van der Waals surface area contributed by atoms with Gasteiger partial charge in [-0.2, -0.15) is 0 Å². The molecule has 0 heterocycles. The zero-order valence-electron chi connectivity index (χ0n) is 9.90. The predicted molar refractivity (Wildman–Crippen MR) is 70.4 cm³/mol. The molecule has 18 heavy (non-hydrogen) atoms. The molecule has 1 aliphatic rings. The normalized spacial score (nSPS) is 19.9. The first-order chi connectivity index (χ1) is 8.69. The summed E-state index contributed by atoms with van der Waals surface area (Å²) in [7, 11) is 0. The number of nitrogens with zero attached hydrogens (tertiary/aromatic N) is 1. The van der Waals surface area contributed by atoms with E-state index in [2.05, 4.69) is 21.1 Å². The number of ether oxygens (including phenoxy) is 1. The molecule has 1 aromatic carbocycles. The SMILES string of the molecule is ON=C1CCC(OCc2cc(Br)ccc2F)CC1. The summed E-state index contributed by atoms with van der Waals surface area (Å²) in [6, 6.07) is 4.84. The minimum Gasteiger partial charge on any atom is -0.411 e. The number of benzene rings is 1. The third kappa shape index (κ3) is 3.53. The molecule has 0 unspecified atom stereocenters. The van der Waals surface area contributed by atoms with E-state index in [-0.39, 0.29) is 18.5 Å². The van der Waals surface area contributed by atoms with E-state index in [9.17, 15) is 4.39 Å². The third-order valence-corrected chi connectivity index (χ3v) is 3.63. The van der Waals surface area contributed by atoms with Crippen molar-refractivity contribution in [2.75, 3.05) is 0 Å². The molecule has 0 aromatic heterocycles. The second-order valence-corrected chi connectivity index (χ2v) is 5.33. The Labute approximate surface area is 114 Å². The molecule has 0 saturated heterocycles. The van der Waals surface area contributed by atoms with Gasteiger partial charge in [-0.15, -0.1) is 0 Å². The fourth-order valence-electron chi connectivity index (χ4n) is 2.05. The van der Waals surface area contributed by atoms with Gasteiger partial charge in [-0.25, -0.2) is 4.39 Å². The highest BCUT2D eigenvalue weighted by Crippen LogP contribution is 2.22. The van der Waals surface area contributed by atoms with Crippen molar-refractivity contribution in [1.29, 1.82) is 0 Å². The lowest BCUT2D eigenvalue weighted by Gasteiger charge is -2.22. The molecule has 1 fully saturated rings. The highest BCUT2D eigenvalue weighted by molar-refractivity contribution is 9.10. The van der Waals surface area contributed by atoms with Crippen LogP contribution in [0, 0.1) is 5.82 Å². The monoisotopic (exact) mass is 315 g/mol. The smallest absolute Gasteiger partial charge is 0.128 e. The van der Waals surface area contributed by atoms with Crippen molar-refractivity contribution in [2.24, 2.45) is 5.16 Å². The van der Waals surface area contributed by atoms with E-state index in [1.54, 1.807) is 12.1 Å². The molecule has 0 radical (unpaired) electrons. The minimum absolute atomic E-state index is 0.119. The van der Waals surface area contributed by atoms with Crippen molar-refractivity contribution in [3.05, 3.63) is 34.1 Å². The first-order valence-corrected chi connectivity index (χ1v) is 6.73. The van der Waals surface area contributed by atoms with Gasteiger partial charge in [0.15, 0.2) is 0 Å². The van der Waals surface area contributed by atoms with Crippen LogP contribution >= 0.6 is 15.9 Å². The van der Waals surface area contributed by atoms with Crippen molar-refractivity contribution >= 4 is 21.6 Å². The molecule has 1 saturated carbocycles. The first kappa shape index (κ1) is 13.5. The van der Waals surface area contributed by atoms with Crippen molar-refractivity contribution in [1.82, 2.24) is 0 Å². The molecular formula is C13H15BrFNO2. The third-order valence-electron chi connectivity index (χ3n) is 3.13. The van der Waals surface area contributed by atoms with Crippen LogP contribution < -0.4 is 0 Å². The summed E-state index contributed by atoms with van der Waals surface area (Å²) in [6.07, 6.45) is 3.28. The highest BCUT2D eigenvalue weighted by Gasteiger charge is 2.18. The zero-order chi connectivity index (χ0) is 13.0. The Morgan fingerprint density at radius 3 is 2.78 bits per heavy atom. The summed E-state index contributed by atoms with van der Waals surface area (Å²) < 4.78 is 20.0. The van der Waals surface area contributed by atoms with E-state index < -0.39 is 0 Å². The van der Waals surface area contributed by atoms with Crippen LogP contribution in [-0.2, 0) is 11.3 Å². The largest absolute Gasteiger partial charge is 0.411 e. The fraction of sp³-hybridized carbons (Fsp3) is 0.462. The second kappa shape index (κ2) is 6.29. The lowest BCUT2D eigenvalue weighted by molar-refractivity contribution is 0.0263. The van der Waals surface area contributed by atoms with Crippen LogP contribution in [0.15, 0.2) is 27.8 Å². The summed E-state index contributed by atoms with van der Waals surface area (Å²) in [6.45, 7) is 0.279. The summed E-state index contributed by atoms with van der Waals surface area (Å²) in [5, 5.41) is 11.9. The van der Waals surface area contributed by atoms with Gasteiger partial charge in [0.05, 0.1) is 18.4 Å². The molecule has 1 N–H and O–H groups in total. The molecule has 3 nitrogen and oxygen atoms in total. The standard InChI is InChI=1S/C13H15BrFNO2/c14-10-1-6-13(15)9(7-10)8-18-12-4-2-11(16-17)3-5-12/h1,6-7,12,17H,2-5,8H2. The Balaban J connectivity index is 1.87. The molecule has 0 aliphatic heterocycles. The van der Waals surface area contributed by atoms with Crippen LogP contribution in [0.25, 0.3) is 0 Å². The van der Waals surface area contributed by atoms with Crippen LogP contribution in [0.2, 0.25) is 0 Å². The average Bonchev–Trinajstić information content (AvgIpc) is 2.40. The van der Waals surface area contributed by atoms with E-state index in [1.165, 1.54) is 6.07 Å². The molecule has 1 aliphatic carbocycles. The number of rotatable bonds is 3. The van der Waals surface area contributed by atoms with Gasteiger partial charge in [-0.1, -0.05) is 21.1 Å². The van der Waals surface area contributed by atoms with Crippen LogP contribution in [0.1, 0.15) is 31.2 Å². The van der Waals surface area contributed by atoms with Crippen LogP contribution in [0.4, 0.5) is 4.39 Å². The van der Waals surface area contributed by atoms with Gasteiger partial charge in [0, 0.05) is 10.0 Å². The lowest BCUT2D eigenvalue weighted by Crippen LogP contribution is -2.21. The topological polar surface area (TPSA) is 41.8 Å². The number of hydrogen-bond donors (Lipinski definition) is 1. The maximum atomic E-state index is 13.5. The molecule has 98 valence electrons. The highest BCUT2D eigenvalue weighted by atomic mass is 79.9. The first-order valence-electron chi connectivity index (χ1n) is 5.94. The maximum absolute atomic E-state index is 13.5. The Bertz CT molecular complexity index is 441. The Hall–Kier alpha value is -0.940. The zero-order valence-corrected chi connectivity index (χ0v) is 11.5. The number of oxime groups is 1. The van der Waals surface area contributed by atoms with E-state index >= 15 is 0 Å². The Morgan fingerprint density at radius 1 is 1.39 bits per heavy atom. The van der Waals surface area contributed by atoms with E-state index in [0.29, 0.717) is 5.56 Å². The minimum atomic E-state index is -0.244. The van der Waals surface area contributed by atoms with Gasteiger partial charge < -0.3 is 9.94 Å². The van der Waals surface area contributed by atoms with Crippen LogP contribution in [0.3, 0.4) is 0 Å². The fourth-order valence-corrected chi connectivity index (χ4v) is 2.46. The Morgan fingerprint density at radius 2 is 2.11 bits per heavy atom. The Kier molecular flexibility index (Phi) is 4.72. The van der Waals surface area contributed by atoms with Gasteiger partial charge in [0.25, 0.3) is 0 Å². The maximum Gasteiger partial charge on any atom is 0.128 e. The summed E-state index contributed by atoms with van der Waals surface area (Å²) in [5.41, 5.74) is 1.38. The summed E-state index contributed by atoms with van der Waals surface area (Å²) >= 11 is 3.31. The van der Waals surface area contributed by atoms with Crippen molar-refractivity contribution in [2.45, 2.75) is 38.4 Å². The second-order valence-electron chi connectivity index (χ2n) is 4.41. The number of hydrogen-bond acceptors (Lipinski definition) is 3. The van der Waals surface area contributed by atoms with Gasteiger partial charge in [0.2, 0.25) is 0 Å². The summed E-state index contributed by atoms with van der Waals surface area (Å²) in [4.78, 5) is 0. The van der Waals surface area contributed by atoms with Gasteiger partial charge in [-0.05, 0) is 43.9 Å². The van der Waals surface area contributed by atoms with Crippen LogP contribution in [-0.4, -0.2) is 17.0 Å². The molecule has 0 atom stereocenters. The molecule has 1 aromatic rings. The molecular weight excluding hydrogens is 301 g/mol. The van der Waals surface area contributed by atoms with E-state index in [1.807, 2.05) is 0 Å². The van der Waals surface area contributed by atoms with Crippen molar-refractivity contribution < 1.29 is 14.3 Å². The van der Waals surface area contributed by atoms with Crippen molar-refractivity contribution in [3.8, 4) is 0 Å².